The van der Waals surface area contributed by atoms with Crippen molar-refractivity contribution in [1.82, 2.24) is 0 Å². The molecule has 0 aliphatic heterocycles. The molecule has 1 atom stereocenters. The van der Waals surface area contributed by atoms with E-state index in [-0.39, 0.29) is 10.7 Å². The van der Waals surface area contributed by atoms with E-state index in [2.05, 4.69) is 5.32 Å². The minimum atomic E-state index is -4.63. The molecule has 0 bridgehead atoms. The maximum Gasteiger partial charge on any atom is 0.418 e. The number of nitrogens with two attached hydrogens (primary N) is 1. The molecule has 2 aromatic rings. The van der Waals surface area contributed by atoms with Gasteiger partial charge in [-0.1, -0.05) is 41.9 Å². The first-order valence-corrected chi connectivity index (χ1v) is 6.65. The van der Waals surface area contributed by atoms with Crippen LogP contribution in [0.4, 0.5) is 18.9 Å². The molecule has 0 spiro atoms. The Hall–Kier alpha value is -2.05. The number of anilines is 1. The van der Waals surface area contributed by atoms with Gasteiger partial charge in [-0.3, -0.25) is 4.79 Å². The van der Waals surface area contributed by atoms with Crippen LogP contribution in [0.3, 0.4) is 0 Å². The van der Waals surface area contributed by atoms with Gasteiger partial charge in [-0.2, -0.15) is 13.2 Å². The van der Waals surface area contributed by atoms with Crippen molar-refractivity contribution < 1.29 is 18.0 Å². The number of hydrogen-bond donors (Lipinski definition) is 2. The minimum absolute atomic E-state index is 0.0716. The molecule has 2 aromatic carbocycles. The van der Waals surface area contributed by atoms with E-state index in [4.69, 9.17) is 17.3 Å². The molecule has 0 unspecified atom stereocenters. The second-order valence-corrected chi connectivity index (χ2v) is 5.00. The molecule has 22 heavy (non-hydrogen) atoms. The number of rotatable bonds is 3. The summed E-state index contributed by atoms with van der Waals surface area (Å²) in [6.07, 6.45) is -4.63. The molecule has 3 N–H and O–H groups in total. The summed E-state index contributed by atoms with van der Waals surface area (Å²) in [7, 11) is 0. The number of carbonyl (C=O) groups excluding carboxylic acids is 1. The molecule has 1 amide bonds. The molecule has 0 aromatic heterocycles. The fourth-order valence-electron chi connectivity index (χ4n) is 1.88. The molecule has 0 aliphatic carbocycles. The molecule has 0 saturated heterocycles. The summed E-state index contributed by atoms with van der Waals surface area (Å²) < 4.78 is 38.9. The van der Waals surface area contributed by atoms with Crippen molar-refractivity contribution in [3.63, 3.8) is 0 Å². The van der Waals surface area contributed by atoms with Crippen LogP contribution in [0, 0.1) is 0 Å². The number of nitrogens with one attached hydrogen (secondary N) is 1. The van der Waals surface area contributed by atoms with Gasteiger partial charge in [0.05, 0.1) is 11.3 Å². The van der Waals surface area contributed by atoms with Gasteiger partial charge in [0.1, 0.15) is 6.04 Å². The van der Waals surface area contributed by atoms with Crippen LogP contribution in [0.5, 0.6) is 0 Å². The van der Waals surface area contributed by atoms with Crippen LogP contribution >= 0.6 is 11.6 Å². The molecule has 0 saturated carbocycles. The van der Waals surface area contributed by atoms with Crippen LogP contribution in [-0.2, 0) is 11.0 Å². The Morgan fingerprint density at radius 1 is 1.14 bits per heavy atom. The van der Waals surface area contributed by atoms with Crippen LogP contribution < -0.4 is 11.1 Å². The molecule has 0 fully saturated rings. The van der Waals surface area contributed by atoms with Gasteiger partial charge < -0.3 is 11.1 Å². The summed E-state index contributed by atoms with van der Waals surface area (Å²) in [6, 6.07) is 10.4. The van der Waals surface area contributed by atoms with E-state index in [9.17, 15) is 18.0 Å². The average Bonchev–Trinajstić information content (AvgIpc) is 2.48. The molecule has 2 rings (SSSR count). The third-order valence-corrected chi connectivity index (χ3v) is 3.22. The van der Waals surface area contributed by atoms with Crippen molar-refractivity contribution in [1.29, 1.82) is 0 Å². The van der Waals surface area contributed by atoms with Crippen LogP contribution in [0.2, 0.25) is 5.02 Å². The normalized spacial score (nSPS) is 12.8. The Morgan fingerprint density at radius 2 is 1.77 bits per heavy atom. The predicted octanol–water partition coefficient (Wildman–Crippen LogP) is 4.00. The standard InChI is InChI=1S/C15H12ClF3N2O/c16-10-6-7-12(11(8-10)15(17,18)19)21-14(22)13(20)9-4-2-1-3-5-9/h1-8,13H,20H2,(H,21,22)/t13-/m0/s1. The molecule has 7 heteroatoms. The zero-order chi connectivity index (χ0) is 16.3. The molecular formula is C15H12ClF3N2O. The third kappa shape index (κ3) is 3.78. The van der Waals surface area contributed by atoms with E-state index in [0.29, 0.717) is 5.56 Å². The van der Waals surface area contributed by atoms with Gasteiger partial charge in [0, 0.05) is 5.02 Å². The lowest BCUT2D eigenvalue weighted by Gasteiger charge is -2.17. The lowest BCUT2D eigenvalue weighted by molar-refractivity contribution is -0.137. The lowest BCUT2D eigenvalue weighted by Crippen LogP contribution is -2.28. The predicted molar refractivity (Wildman–Crippen MR) is 78.5 cm³/mol. The van der Waals surface area contributed by atoms with Crippen molar-refractivity contribution in [2.24, 2.45) is 5.73 Å². The van der Waals surface area contributed by atoms with Crippen molar-refractivity contribution in [2.75, 3.05) is 5.32 Å². The number of hydrogen-bond acceptors (Lipinski definition) is 2. The Kier molecular flexibility index (Phi) is 4.73. The molecule has 3 nitrogen and oxygen atoms in total. The van der Waals surface area contributed by atoms with Gasteiger partial charge in [0.25, 0.3) is 0 Å². The van der Waals surface area contributed by atoms with Crippen molar-refractivity contribution >= 4 is 23.2 Å². The first-order chi connectivity index (χ1) is 10.3. The smallest absolute Gasteiger partial charge is 0.324 e. The first kappa shape index (κ1) is 16.3. The molecule has 116 valence electrons. The fourth-order valence-corrected chi connectivity index (χ4v) is 2.05. The summed E-state index contributed by atoms with van der Waals surface area (Å²) in [4.78, 5) is 12.0. The highest BCUT2D eigenvalue weighted by molar-refractivity contribution is 6.30. The number of amides is 1. The highest BCUT2D eigenvalue weighted by atomic mass is 35.5. The number of carbonyl (C=O) groups is 1. The minimum Gasteiger partial charge on any atom is -0.324 e. The second-order valence-electron chi connectivity index (χ2n) is 4.57. The number of benzene rings is 2. The number of alkyl halides is 3. The van der Waals surface area contributed by atoms with Crippen LogP contribution in [0.1, 0.15) is 17.2 Å². The van der Waals surface area contributed by atoms with Gasteiger partial charge in [-0.15, -0.1) is 0 Å². The maximum absolute atomic E-state index is 13.0. The second kappa shape index (κ2) is 6.37. The van der Waals surface area contributed by atoms with Gasteiger partial charge in [-0.25, -0.2) is 0 Å². The Labute approximate surface area is 129 Å². The van der Waals surface area contributed by atoms with Crippen LogP contribution in [0.25, 0.3) is 0 Å². The maximum atomic E-state index is 13.0. The topological polar surface area (TPSA) is 55.1 Å². The van der Waals surface area contributed by atoms with Gasteiger partial charge in [0.15, 0.2) is 0 Å². The summed E-state index contributed by atoms with van der Waals surface area (Å²) in [5.74, 6) is -0.737. The van der Waals surface area contributed by atoms with E-state index in [1.54, 1.807) is 30.3 Å². The molecule has 0 heterocycles. The Bertz CT molecular complexity index is 674. The highest BCUT2D eigenvalue weighted by Gasteiger charge is 2.34. The highest BCUT2D eigenvalue weighted by Crippen LogP contribution is 2.36. The average molecular weight is 329 g/mol. The Balaban J connectivity index is 2.26. The summed E-state index contributed by atoms with van der Waals surface area (Å²) in [6.45, 7) is 0. The molecule has 0 radical (unpaired) electrons. The van der Waals surface area contributed by atoms with E-state index in [1.165, 1.54) is 6.07 Å². The molecule has 0 aliphatic rings. The largest absolute Gasteiger partial charge is 0.418 e. The fraction of sp³-hybridized carbons (Fsp3) is 0.133. The third-order valence-electron chi connectivity index (χ3n) is 2.99. The SMILES string of the molecule is N[C@H](C(=O)Nc1ccc(Cl)cc1C(F)(F)F)c1ccccc1. The van der Waals surface area contributed by atoms with Crippen LogP contribution in [-0.4, -0.2) is 5.91 Å². The zero-order valence-corrected chi connectivity index (χ0v) is 11.9. The summed E-state index contributed by atoms with van der Waals surface area (Å²) in [5.41, 5.74) is 4.86. The van der Waals surface area contributed by atoms with E-state index in [0.717, 1.165) is 12.1 Å². The van der Waals surface area contributed by atoms with Crippen LogP contribution in [0.15, 0.2) is 48.5 Å². The van der Waals surface area contributed by atoms with Gasteiger partial charge >= 0.3 is 6.18 Å². The molecular weight excluding hydrogens is 317 g/mol. The van der Waals surface area contributed by atoms with E-state index < -0.39 is 23.7 Å². The van der Waals surface area contributed by atoms with E-state index >= 15 is 0 Å². The first-order valence-electron chi connectivity index (χ1n) is 6.27. The van der Waals surface area contributed by atoms with Crippen molar-refractivity contribution in [3.8, 4) is 0 Å². The summed E-state index contributed by atoms with van der Waals surface area (Å²) >= 11 is 5.58. The van der Waals surface area contributed by atoms with Gasteiger partial charge in [-0.05, 0) is 23.8 Å². The van der Waals surface area contributed by atoms with Crippen molar-refractivity contribution in [3.05, 3.63) is 64.7 Å². The Morgan fingerprint density at radius 3 is 2.36 bits per heavy atom. The monoisotopic (exact) mass is 328 g/mol. The number of halogens is 4. The van der Waals surface area contributed by atoms with Gasteiger partial charge in [0.2, 0.25) is 5.91 Å². The van der Waals surface area contributed by atoms with Crippen molar-refractivity contribution in [2.45, 2.75) is 12.2 Å². The zero-order valence-electron chi connectivity index (χ0n) is 11.2. The lowest BCUT2D eigenvalue weighted by atomic mass is 10.1. The summed E-state index contributed by atoms with van der Waals surface area (Å²) in [5, 5.41) is 2.13. The quantitative estimate of drug-likeness (QED) is 0.895. The van der Waals surface area contributed by atoms with E-state index in [1.807, 2.05) is 0 Å².